The highest BCUT2D eigenvalue weighted by Gasteiger charge is 2.22. The van der Waals surface area contributed by atoms with Crippen molar-refractivity contribution in [2.45, 2.75) is 45.1 Å². The van der Waals surface area contributed by atoms with Gasteiger partial charge in [-0.2, -0.15) is 0 Å². The third-order valence-electron chi connectivity index (χ3n) is 3.64. The van der Waals surface area contributed by atoms with E-state index in [1.807, 2.05) is 0 Å². The first-order chi connectivity index (χ1) is 7.31. The van der Waals surface area contributed by atoms with E-state index in [4.69, 9.17) is 0 Å². The summed E-state index contributed by atoms with van der Waals surface area (Å²) in [7, 11) is 0. The Hall–Kier alpha value is -0.980. The molecule has 0 saturated heterocycles. The zero-order valence-electron chi connectivity index (χ0n) is 9.42. The van der Waals surface area contributed by atoms with Gasteiger partial charge in [-0.1, -0.05) is 12.1 Å². The van der Waals surface area contributed by atoms with Crippen LogP contribution >= 0.6 is 0 Å². The Morgan fingerprint density at radius 2 is 2.13 bits per heavy atom. The van der Waals surface area contributed by atoms with Crippen molar-refractivity contribution in [2.75, 3.05) is 5.32 Å². The molecule has 0 bridgehead atoms. The summed E-state index contributed by atoms with van der Waals surface area (Å²) in [6.45, 7) is 2.26. The van der Waals surface area contributed by atoms with Crippen LogP contribution in [0.25, 0.3) is 0 Å². The predicted molar refractivity (Wildman–Crippen MR) is 64.3 cm³/mol. The zero-order valence-corrected chi connectivity index (χ0v) is 9.42. The van der Waals surface area contributed by atoms with Crippen LogP contribution in [0.4, 0.5) is 5.69 Å². The fourth-order valence-corrected chi connectivity index (χ4v) is 2.49. The van der Waals surface area contributed by atoms with Gasteiger partial charge in [-0.3, -0.25) is 0 Å². The summed E-state index contributed by atoms with van der Waals surface area (Å²) in [5, 5.41) is 3.56. The smallest absolute Gasteiger partial charge is 0.0374 e. The first-order valence-electron chi connectivity index (χ1n) is 6.19. The summed E-state index contributed by atoms with van der Waals surface area (Å²) in [6.07, 6.45) is 6.74. The van der Waals surface area contributed by atoms with E-state index in [0.717, 1.165) is 5.92 Å². The van der Waals surface area contributed by atoms with Crippen molar-refractivity contribution >= 4 is 5.69 Å². The molecule has 1 atom stereocenters. The monoisotopic (exact) mass is 201 g/mol. The second kappa shape index (κ2) is 3.55. The van der Waals surface area contributed by atoms with Crippen LogP contribution in [0.1, 0.15) is 37.3 Å². The van der Waals surface area contributed by atoms with Crippen LogP contribution in [0.15, 0.2) is 18.2 Å². The van der Waals surface area contributed by atoms with Gasteiger partial charge in [0.1, 0.15) is 0 Å². The van der Waals surface area contributed by atoms with Gasteiger partial charge < -0.3 is 5.32 Å². The van der Waals surface area contributed by atoms with Crippen LogP contribution in [-0.4, -0.2) is 6.04 Å². The van der Waals surface area contributed by atoms with E-state index in [1.165, 1.54) is 43.4 Å². The van der Waals surface area contributed by atoms with Gasteiger partial charge in [0.2, 0.25) is 0 Å². The van der Waals surface area contributed by atoms with Crippen LogP contribution in [0, 0.1) is 5.92 Å². The molecule has 1 aliphatic carbocycles. The third-order valence-corrected chi connectivity index (χ3v) is 3.64. The van der Waals surface area contributed by atoms with E-state index in [2.05, 4.69) is 30.4 Å². The van der Waals surface area contributed by atoms with E-state index < -0.39 is 0 Å². The lowest BCUT2D eigenvalue weighted by molar-refractivity contribution is 0.679. The Kier molecular flexibility index (Phi) is 2.19. The molecule has 1 N–H and O–H groups in total. The zero-order chi connectivity index (χ0) is 10.3. The fourth-order valence-electron chi connectivity index (χ4n) is 2.49. The molecule has 1 nitrogen and oxygen atoms in total. The minimum Gasteiger partial charge on any atom is -0.382 e. The largest absolute Gasteiger partial charge is 0.382 e. The molecule has 0 aromatic heterocycles. The minimum atomic E-state index is 0.645. The second-order valence-electron chi connectivity index (χ2n) is 5.22. The standard InChI is InChI=1S/C14H19N/c1-10-2-6-13-9-12(8-11-3-4-11)5-7-14(13)15-10/h5,7,9-11,15H,2-4,6,8H2,1H3. The van der Waals surface area contributed by atoms with Crippen molar-refractivity contribution in [3.05, 3.63) is 29.3 Å². The van der Waals surface area contributed by atoms with Gasteiger partial charge in [-0.05, 0) is 62.1 Å². The molecular formula is C14H19N. The topological polar surface area (TPSA) is 12.0 Å². The highest BCUT2D eigenvalue weighted by atomic mass is 14.9. The van der Waals surface area contributed by atoms with E-state index in [0.29, 0.717) is 6.04 Å². The van der Waals surface area contributed by atoms with Crippen LogP contribution in [0.3, 0.4) is 0 Å². The van der Waals surface area contributed by atoms with Gasteiger partial charge >= 0.3 is 0 Å². The molecule has 1 aromatic rings. The Morgan fingerprint density at radius 3 is 2.93 bits per heavy atom. The number of hydrogen-bond donors (Lipinski definition) is 1. The molecule has 1 saturated carbocycles. The van der Waals surface area contributed by atoms with Crippen molar-refractivity contribution < 1.29 is 0 Å². The molecule has 0 radical (unpaired) electrons. The van der Waals surface area contributed by atoms with Gasteiger partial charge in [0.05, 0.1) is 0 Å². The quantitative estimate of drug-likeness (QED) is 0.773. The Bertz CT molecular complexity index is 366. The van der Waals surface area contributed by atoms with Gasteiger partial charge in [0.15, 0.2) is 0 Å². The molecule has 80 valence electrons. The maximum absolute atomic E-state index is 3.56. The summed E-state index contributed by atoms with van der Waals surface area (Å²) in [6, 6.07) is 7.66. The third kappa shape index (κ3) is 2.01. The Labute approximate surface area is 91.9 Å². The molecule has 1 aromatic carbocycles. The predicted octanol–water partition coefficient (Wildman–Crippen LogP) is 3.39. The molecule has 1 aliphatic heterocycles. The van der Waals surface area contributed by atoms with E-state index >= 15 is 0 Å². The number of nitrogens with one attached hydrogen (secondary N) is 1. The van der Waals surface area contributed by atoms with Crippen molar-refractivity contribution in [2.24, 2.45) is 5.92 Å². The van der Waals surface area contributed by atoms with Gasteiger partial charge in [0, 0.05) is 11.7 Å². The normalized spacial score (nSPS) is 24.5. The van der Waals surface area contributed by atoms with Crippen molar-refractivity contribution in [1.82, 2.24) is 0 Å². The lowest BCUT2D eigenvalue weighted by Gasteiger charge is -2.24. The summed E-state index contributed by atoms with van der Waals surface area (Å²) in [5.41, 5.74) is 4.45. The van der Waals surface area contributed by atoms with Crippen molar-refractivity contribution in [1.29, 1.82) is 0 Å². The maximum atomic E-state index is 3.56. The lowest BCUT2D eigenvalue weighted by Crippen LogP contribution is -2.21. The van der Waals surface area contributed by atoms with Crippen LogP contribution in [0.2, 0.25) is 0 Å². The van der Waals surface area contributed by atoms with Gasteiger partial charge in [0.25, 0.3) is 0 Å². The number of rotatable bonds is 2. The average molecular weight is 201 g/mol. The summed E-state index contributed by atoms with van der Waals surface area (Å²) in [4.78, 5) is 0. The molecule has 2 aliphatic rings. The summed E-state index contributed by atoms with van der Waals surface area (Å²) in [5.74, 6) is 0.999. The molecule has 1 unspecified atom stereocenters. The van der Waals surface area contributed by atoms with Gasteiger partial charge in [-0.25, -0.2) is 0 Å². The molecule has 0 amide bonds. The van der Waals surface area contributed by atoms with Gasteiger partial charge in [-0.15, -0.1) is 0 Å². The summed E-state index contributed by atoms with van der Waals surface area (Å²) < 4.78 is 0. The van der Waals surface area contributed by atoms with E-state index in [1.54, 1.807) is 5.56 Å². The van der Waals surface area contributed by atoms with E-state index in [9.17, 15) is 0 Å². The molecule has 3 rings (SSSR count). The highest BCUT2D eigenvalue weighted by Crippen LogP contribution is 2.34. The lowest BCUT2D eigenvalue weighted by atomic mass is 9.96. The van der Waals surface area contributed by atoms with Crippen molar-refractivity contribution in [3.63, 3.8) is 0 Å². The molecular weight excluding hydrogens is 182 g/mol. The SMILES string of the molecule is CC1CCc2cc(CC3CC3)ccc2N1. The van der Waals surface area contributed by atoms with Crippen LogP contribution < -0.4 is 5.32 Å². The number of fused-ring (bicyclic) bond motifs is 1. The summed E-state index contributed by atoms with van der Waals surface area (Å²) >= 11 is 0. The molecule has 1 heterocycles. The maximum Gasteiger partial charge on any atom is 0.0374 e. The fraction of sp³-hybridized carbons (Fsp3) is 0.571. The van der Waals surface area contributed by atoms with Crippen LogP contribution in [-0.2, 0) is 12.8 Å². The minimum absolute atomic E-state index is 0.645. The number of aryl methyl sites for hydroxylation is 1. The number of benzene rings is 1. The number of anilines is 1. The molecule has 0 spiro atoms. The molecule has 15 heavy (non-hydrogen) atoms. The molecule has 1 heteroatoms. The Morgan fingerprint density at radius 1 is 1.27 bits per heavy atom. The Balaban J connectivity index is 1.82. The van der Waals surface area contributed by atoms with Crippen LogP contribution in [0.5, 0.6) is 0 Å². The first-order valence-corrected chi connectivity index (χ1v) is 6.19. The average Bonchev–Trinajstić information content (AvgIpc) is 3.02. The highest BCUT2D eigenvalue weighted by molar-refractivity contribution is 5.55. The first kappa shape index (κ1) is 9.26. The van der Waals surface area contributed by atoms with Crippen molar-refractivity contribution in [3.8, 4) is 0 Å². The number of hydrogen-bond acceptors (Lipinski definition) is 1. The molecule has 1 fully saturated rings. The van der Waals surface area contributed by atoms with E-state index in [-0.39, 0.29) is 0 Å². The second-order valence-corrected chi connectivity index (χ2v) is 5.22.